The minimum absolute atomic E-state index is 0.172. The Labute approximate surface area is 180 Å². The van der Waals surface area contributed by atoms with Crippen molar-refractivity contribution in [2.45, 2.75) is 38.6 Å². The van der Waals surface area contributed by atoms with E-state index in [9.17, 15) is 4.79 Å². The van der Waals surface area contributed by atoms with Crippen LogP contribution in [0.3, 0.4) is 0 Å². The SMILES string of the molecule is Cc1ccc2cnn(CCC(=O)N3CCC(c4nc(-c5ccccc5)no4)CC3)c2c1. The Kier molecular flexibility index (Phi) is 5.24. The summed E-state index contributed by atoms with van der Waals surface area (Å²) >= 11 is 0. The van der Waals surface area contributed by atoms with Crippen molar-refractivity contribution in [3.8, 4) is 11.4 Å². The maximum atomic E-state index is 12.8. The molecule has 0 saturated carbocycles. The van der Waals surface area contributed by atoms with Crippen LogP contribution < -0.4 is 0 Å². The fourth-order valence-electron chi connectivity index (χ4n) is 4.20. The van der Waals surface area contributed by atoms with E-state index in [-0.39, 0.29) is 11.8 Å². The van der Waals surface area contributed by atoms with Gasteiger partial charge in [-0.25, -0.2) is 0 Å². The summed E-state index contributed by atoms with van der Waals surface area (Å²) in [7, 11) is 0. The highest BCUT2D eigenvalue weighted by atomic mass is 16.5. The maximum Gasteiger partial charge on any atom is 0.230 e. The summed E-state index contributed by atoms with van der Waals surface area (Å²) in [5.74, 6) is 1.66. The van der Waals surface area contributed by atoms with E-state index < -0.39 is 0 Å². The van der Waals surface area contributed by atoms with Gasteiger partial charge in [-0.1, -0.05) is 47.6 Å². The van der Waals surface area contributed by atoms with E-state index in [4.69, 9.17) is 4.52 Å². The smallest absolute Gasteiger partial charge is 0.230 e. The number of hydrogen-bond acceptors (Lipinski definition) is 5. The Morgan fingerprint density at radius 3 is 2.74 bits per heavy atom. The second-order valence-corrected chi connectivity index (χ2v) is 8.16. The number of carbonyl (C=O) groups excluding carboxylic acids is 1. The third-order valence-electron chi connectivity index (χ3n) is 6.01. The van der Waals surface area contributed by atoms with Crippen LogP contribution in [-0.4, -0.2) is 43.8 Å². The van der Waals surface area contributed by atoms with Crippen LogP contribution in [0.4, 0.5) is 0 Å². The molecule has 0 unspecified atom stereocenters. The molecule has 1 aliphatic rings. The van der Waals surface area contributed by atoms with Gasteiger partial charge >= 0.3 is 0 Å². The van der Waals surface area contributed by atoms with Gasteiger partial charge in [0.2, 0.25) is 17.6 Å². The number of hydrogen-bond donors (Lipinski definition) is 0. The number of aromatic nitrogens is 4. The van der Waals surface area contributed by atoms with Gasteiger partial charge in [-0.05, 0) is 31.4 Å². The molecule has 1 amide bonds. The average Bonchev–Trinajstić information content (AvgIpc) is 3.46. The highest BCUT2D eigenvalue weighted by Gasteiger charge is 2.27. The molecular weight excluding hydrogens is 390 g/mol. The topological polar surface area (TPSA) is 77.1 Å². The van der Waals surface area contributed by atoms with Crippen LogP contribution in [0.15, 0.2) is 59.3 Å². The molecule has 0 atom stereocenters. The van der Waals surface area contributed by atoms with Crippen LogP contribution in [0.1, 0.15) is 36.6 Å². The van der Waals surface area contributed by atoms with E-state index in [1.807, 2.05) is 46.1 Å². The molecule has 0 spiro atoms. The molecule has 1 aliphatic heterocycles. The summed E-state index contributed by atoms with van der Waals surface area (Å²) in [6.45, 7) is 4.09. The summed E-state index contributed by atoms with van der Waals surface area (Å²) < 4.78 is 7.45. The van der Waals surface area contributed by atoms with Crippen LogP contribution in [0.2, 0.25) is 0 Å². The Morgan fingerprint density at radius 1 is 1.13 bits per heavy atom. The molecule has 1 fully saturated rings. The van der Waals surface area contributed by atoms with Crippen LogP contribution in [-0.2, 0) is 11.3 Å². The standard InChI is InChI=1S/C24H25N5O2/c1-17-7-8-20-16-25-29(21(20)15-17)14-11-22(30)28-12-9-19(10-13-28)24-26-23(27-31-24)18-5-3-2-4-6-18/h2-8,15-16,19H,9-14H2,1H3. The lowest BCUT2D eigenvalue weighted by Gasteiger charge is -2.30. The predicted molar refractivity (Wildman–Crippen MR) is 117 cm³/mol. The molecule has 0 radical (unpaired) electrons. The van der Waals surface area contributed by atoms with E-state index in [0.717, 1.165) is 29.3 Å². The lowest BCUT2D eigenvalue weighted by molar-refractivity contribution is -0.132. The summed E-state index contributed by atoms with van der Waals surface area (Å²) in [4.78, 5) is 19.3. The van der Waals surface area contributed by atoms with Gasteiger partial charge in [-0.15, -0.1) is 0 Å². The Balaban J connectivity index is 1.16. The molecule has 158 valence electrons. The van der Waals surface area contributed by atoms with Crippen LogP contribution >= 0.6 is 0 Å². The zero-order chi connectivity index (χ0) is 21.2. The molecule has 7 heteroatoms. The van der Waals surface area contributed by atoms with Gasteiger partial charge in [0.05, 0.1) is 18.3 Å². The molecule has 31 heavy (non-hydrogen) atoms. The second kappa shape index (κ2) is 8.34. The predicted octanol–water partition coefficient (Wildman–Crippen LogP) is 4.19. The number of carbonyl (C=O) groups is 1. The van der Waals surface area contributed by atoms with Gasteiger partial charge in [-0.3, -0.25) is 9.48 Å². The molecule has 0 bridgehead atoms. The van der Waals surface area contributed by atoms with Gasteiger partial charge in [0, 0.05) is 36.4 Å². The molecule has 0 N–H and O–H groups in total. The van der Waals surface area contributed by atoms with Crippen molar-refractivity contribution in [3.63, 3.8) is 0 Å². The lowest BCUT2D eigenvalue weighted by Crippen LogP contribution is -2.38. The largest absolute Gasteiger partial charge is 0.343 e. The lowest BCUT2D eigenvalue weighted by atomic mass is 9.96. The Morgan fingerprint density at radius 2 is 1.94 bits per heavy atom. The van der Waals surface area contributed by atoms with Gasteiger partial charge in [0.25, 0.3) is 0 Å². The molecule has 2 aromatic heterocycles. The number of rotatable bonds is 5. The first kappa shape index (κ1) is 19.5. The molecule has 3 heterocycles. The summed E-state index contributed by atoms with van der Waals surface area (Å²) in [5, 5.41) is 9.68. The van der Waals surface area contributed by atoms with Crippen molar-refractivity contribution in [1.29, 1.82) is 0 Å². The van der Waals surface area contributed by atoms with Gasteiger partial charge < -0.3 is 9.42 Å². The van der Waals surface area contributed by atoms with Crippen molar-refractivity contribution in [2.24, 2.45) is 0 Å². The highest BCUT2D eigenvalue weighted by Crippen LogP contribution is 2.29. The zero-order valence-electron chi connectivity index (χ0n) is 17.6. The van der Waals surface area contributed by atoms with Crippen molar-refractivity contribution < 1.29 is 9.32 Å². The van der Waals surface area contributed by atoms with Gasteiger partial charge in [0.15, 0.2) is 0 Å². The first-order chi connectivity index (χ1) is 15.2. The normalized spacial score (nSPS) is 14.9. The third-order valence-corrected chi connectivity index (χ3v) is 6.01. The summed E-state index contributed by atoms with van der Waals surface area (Å²) in [6.07, 6.45) is 3.99. The monoisotopic (exact) mass is 415 g/mol. The zero-order valence-corrected chi connectivity index (χ0v) is 17.6. The summed E-state index contributed by atoms with van der Waals surface area (Å²) in [5.41, 5.74) is 3.22. The highest BCUT2D eigenvalue weighted by molar-refractivity contribution is 5.80. The first-order valence-corrected chi connectivity index (χ1v) is 10.8. The Bertz CT molecular complexity index is 1190. The summed E-state index contributed by atoms with van der Waals surface area (Å²) in [6, 6.07) is 16.1. The minimum Gasteiger partial charge on any atom is -0.343 e. The van der Waals surface area contributed by atoms with Crippen LogP contribution in [0, 0.1) is 6.92 Å². The average molecular weight is 415 g/mol. The van der Waals surface area contributed by atoms with Gasteiger partial charge in [-0.2, -0.15) is 10.1 Å². The molecule has 7 nitrogen and oxygen atoms in total. The van der Waals surface area contributed by atoms with Crippen molar-refractivity contribution in [3.05, 3.63) is 66.2 Å². The molecule has 0 aliphatic carbocycles. The Hall–Kier alpha value is -3.48. The van der Waals surface area contributed by atoms with E-state index in [1.54, 1.807) is 0 Å². The van der Waals surface area contributed by atoms with E-state index in [1.165, 1.54) is 5.56 Å². The number of fused-ring (bicyclic) bond motifs is 1. The quantitative estimate of drug-likeness (QED) is 0.488. The van der Waals surface area contributed by atoms with Crippen molar-refractivity contribution in [1.82, 2.24) is 24.8 Å². The van der Waals surface area contributed by atoms with E-state index in [2.05, 4.69) is 40.4 Å². The number of likely N-dealkylation sites (tertiary alicyclic amines) is 1. The number of aryl methyl sites for hydroxylation is 2. The fourth-order valence-corrected chi connectivity index (χ4v) is 4.20. The molecule has 4 aromatic rings. The van der Waals surface area contributed by atoms with E-state index in [0.29, 0.717) is 37.8 Å². The van der Waals surface area contributed by atoms with E-state index >= 15 is 0 Å². The molecule has 1 saturated heterocycles. The minimum atomic E-state index is 0.172. The molecule has 2 aromatic carbocycles. The first-order valence-electron chi connectivity index (χ1n) is 10.8. The third kappa shape index (κ3) is 4.08. The number of nitrogens with zero attached hydrogens (tertiary/aromatic N) is 5. The van der Waals surface area contributed by atoms with Crippen LogP contribution in [0.25, 0.3) is 22.3 Å². The molecule has 5 rings (SSSR count). The maximum absolute atomic E-state index is 12.8. The number of piperidine rings is 1. The number of amides is 1. The van der Waals surface area contributed by atoms with Crippen molar-refractivity contribution >= 4 is 16.8 Å². The molecular formula is C24H25N5O2. The van der Waals surface area contributed by atoms with Crippen LogP contribution in [0.5, 0.6) is 0 Å². The van der Waals surface area contributed by atoms with Gasteiger partial charge in [0.1, 0.15) is 0 Å². The van der Waals surface area contributed by atoms with Crippen molar-refractivity contribution in [2.75, 3.05) is 13.1 Å². The second-order valence-electron chi connectivity index (χ2n) is 8.16. The number of benzene rings is 2. The fraction of sp³-hybridized carbons (Fsp3) is 0.333.